The van der Waals surface area contributed by atoms with Gasteiger partial charge in [-0.1, -0.05) is 0 Å². The maximum Gasteiger partial charge on any atom is 0.387 e. The third-order valence-corrected chi connectivity index (χ3v) is 5.19. The van der Waals surface area contributed by atoms with Gasteiger partial charge in [-0.2, -0.15) is 8.78 Å². The number of nitrogens with one attached hydrogen (secondary N) is 1. The molecule has 2 heterocycles. The molecule has 0 fully saturated rings. The number of rotatable bonds is 6. The maximum atomic E-state index is 14.6. The summed E-state index contributed by atoms with van der Waals surface area (Å²) in [5.74, 6) is -1.64. The highest BCUT2D eigenvalue weighted by Gasteiger charge is 2.44. The van der Waals surface area contributed by atoms with Crippen LogP contribution in [-0.4, -0.2) is 40.7 Å². The van der Waals surface area contributed by atoms with Crippen LogP contribution in [0.25, 0.3) is 0 Å². The van der Waals surface area contributed by atoms with Crippen molar-refractivity contribution in [2.75, 3.05) is 18.5 Å². The fraction of sp³-hybridized carbons (Fsp3) is 0.278. The molecule has 2 atom stereocenters. The van der Waals surface area contributed by atoms with E-state index in [0.717, 1.165) is 18.3 Å². The zero-order valence-electron chi connectivity index (χ0n) is 15.1. The lowest BCUT2D eigenvalue weighted by Gasteiger charge is -2.34. The molecule has 0 bridgehead atoms. The highest BCUT2D eigenvalue weighted by atomic mass is 127. The molecule has 0 radical (unpaired) electrons. The van der Waals surface area contributed by atoms with Crippen molar-refractivity contribution in [1.29, 1.82) is 0 Å². The molecule has 1 aromatic heterocycles. The Bertz CT molecular complexity index is 959. The lowest BCUT2D eigenvalue weighted by atomic mass is 9.91. The van der Waals surface area contributed by atoms with Crippen molar-refractivity contribution in [2.45, 2.75) is 16.3 Å². The molecule has 1 aliphatic rings. The van der Waals surface area contributed by atoms with Gasteiger partial charge in [-0.05, 0) is 52.9 Å². The van der Waals surface area contributed by atoms with Crippen LogP contribution in [0, 0.1) is 5.82 Å². The summed E-state index contributed by atoms with van der Waals surface area (Å²) < 4.78 is 61.2. The van der Waals surface area contributed by atoms with Crippen LogP contribution >= 0.6 is 22.6 Å². The lowest BCUT2D eigenvalue weighted by molar-refractivity contribution is -0.0500. The smallest absolute Gasteiger partial charge is 0.387 e. The number of carbonyl (C=O) groups is 1. The molecule has 3 rings (SSSR count). The minimum absolute atomic E-state index is 0.0000932. The van der Waals surface area contributed by atoms with Gasteiger partial charge in [0.05, 0.1) is 12.8 Å². The van der Waals surface area contributed by atoms with Crippen molar-refractivity contribution >= 4 is 40.0 Å². The Hall–Kier alpha value is -2.48. The molecule has 0 spiro atoms. The number of amidine groups is 1. The van der Waals surface area contributed by atoms with E-state index in [1.807, 2.05) is 0 Å². The van der Waals surface area contributed by atoms with Gasteiger partial charge < -0.3 is 20.5 Å². The molecule has 0 saturated carbocycles. The summed E-state index contributed by atoms with van der Waals surface area (Å²) in [7, 11) is 0. The summed E-state index contributed by atoms with van der Waals surface area (Å²) in [6.07, 6.45) is 0.965. The second kappa shape index (κ2) is 9.12. The second-order valence-electron chi connectivity index (χ2n) is 6.23. The van der Waals surface area contributed by atoms with E-state index >= 15 is 0 Å². The molecular formula is C18H15F4IN4O3. The van der Waals surface area contributed by atoms with Gasteiger partial charge in [0.25, 0.3) is 5.91 Å². The molecule has 1 aliphatic heterocycles. The Labute approximate surface area is 181 Å². The number of aliphatic imine (C=N–C) groups is 1. The van der Waals surface area contributed by atoms with Crippen molar-refractivity contribution in [3.8, 4) is 5.75 Å². The Kier molecular flexibility index (Phi) is 6.75. The number of pyridine rings is 1. The average molecular weight is 538 g/mol. The predicted molar refractivity (Wildman–Crippen MR) is 108 cm³/mol. The number of benzene rings is 1. The largest absolute Gasteiger partial charge is 0.433 e. The highest BCUT2D eigenvalue weighted by Crippen LogP contribution is 2.39. The number of aromatic nitrogens is 1. The summed E-state index contributed by atoms with van der Waals surface area (Å²) in [6.45, 7) is -3.26. The van der Waals surface area contributed by atoms with Crippen molar-refractivity contribution in [2.24, 2.45) is 10.7 Å². The molecule has 1 aromatic carbocycles. The quantitative estimate of drug-likeness (QED) is 0.334. The first-order chi connectivity index (χ1) is 14.2. The van der Waals surface area contributed by atoms with Gasteiger partial charge in [0.2, 0.25) is 0 Å². The summed E-state index contributed by atoms with van der Waals surface area (Å²) in [5.41, 5.74) is 3.86. The van der Waals surface area contributed by atoms with E-state index in [9.17, 15) is 22.4 Å². The number of ether oxygens (including phenoxy) is 2. The van der Waals surface area contributed by atoms with Crippen LogP contribution in [0.2, 0.25) is 0 Å². The topological polar surface area (TPSA) is 98.8 Å². The van der Waals surface area contributed by atoms with Crippen LogP contribution < -0.4 is 15.8 Å². The summed E-state index contributed by atoms with van der Waals surface area (Å²) in [6, 6.07) is 5.90. The second-order valence-corrected chi connectivity index (χ2v) is 7.32. The summed E-state index contributed by atoms with van der Waals surface area (Å²) in [5, 5.41) is 2.49. The lowest BCUT2D eigenvalue weighted by Crippen LogP contribution is -2.44. The summed E-state index contributed by atoms with van der Waals surface area (Å²) in [4.78, 5) is 20.2. The van der Waals surface area contributed by atoms with E-state index < -0.39 is 28.1 Å². The monoisotopic (exact) mass is 538 g/mol. The van der Waals surface area contributed by atoms with Crippen LogP contribution in [0.15, 0.2) is 41.5 Å². The van der Waals surface area contributed by atoms with E-state index in [4.69, 9.17) is 10.5 Å². The number of alkyl halides is 4. The van der Waals surface area contributed by atoms with Crippen molar-refractivity contribution in [3.05, 3.63) is 53.6 Å². The molecule has 160 valence electrons. The van der Waals surface area contributed by atoms with E-state index in [0.29, 0.717) is 0 Å². The fourth-order valence-electron chi connectivity index (χ4n) is 2.82. The third-order valence-electron chi connectivity index (χ3n) is 4.16. The molecule has 7 nitrogen and oxygen atoms in total. The number of amides is 1. The van der Waals surface area contributed by atoms with Crippen molar-refractivity contribution < 1.29 is 31.8 Å². The number of halogens is 5. The van der Waals surface area contributed by atoms with E-state index in [-0.39, 0.29) is 41.7 Å². The van der Waals surface area contributed by atoms with E-state index in [1.165, 1.54) is 40.8 Å². The number of hydrogen-bond donors (Lipinski definition) is 2. The molecule has 0 aliphatic carbocycles. The standard InChI is InChI=1S/C18H15F4IN4O3/c19-12-3-1-9(5-11(12)18(16(20)23)8-29-7-14(24)27-18)26-15(28)13-4-2-10(6-25-13)30-17(21)22/h1-6,16-17H,7-8H2,(H2,24,27)(H,26,28)/t16?,18-/m0/s1. The number of anilines is 1. The van der Waals surface area contributed by atoms with Gasteiger partial charge in [0.15, 0.2) is 9.72 Å². The summed E-state index contributed by atoms with van der Waals surface area (Å²) >= 11 is 1.46. The minimum atomic E-state index is -3.02. The van der Waals surface area contributed by atoms with Gasteiger partial charge in [-0.15, -0.1) is 0 Å². The molecule has 3 N–H and O–H groups in total. The number of nitrogens with two attached hydrogens (primary N) is 1. The van der Waals surface area contributed by atoms with Gasteiger partial charge in [-0.25, -0.2) is 13.8 Å². The van der Waals surface area contributed by atoms with Crippen LogP contribution in [0.4, 0.5) is 23.2 Å². The first kappa shape index (κ1) is 22.2. The van der Waals surface area contributed by atoms with Crippen LogP contribution in [0.3, 0.4) is 0 Å². The Morgan fingerprint density at radius 2 is 2.07 bits per heavy atom. The predicted octanol–water partition coefficient (Wildman–Crippen LogP) is 3.39. The Morgan fingerprint density at radius 3 is 2.67 bits per heavy atom. The normalized spacial score (nSPS) is 19.9. The maximum absolute atomic E-state index is 14.6. The molecule has 30 heavy (non-hydrogen) atoms. The molecule has 2 aromatic rings. The van der Waals surface area contributed by atoms with Gasteiger partial charge in [-0.3, -0.25) is 9.79 Å². The molecule has 12 heteroatoms. The van der Waals surface area contributed by atoms with E-state index in [2.05, 4.69) is 20.0 Å². The number of nitrogens with zero attached hydrogens (tertiary/aromatic N) is 2. The average Bonchev–Trinajstić information content (AvgIpc) is 2.69. The molecular weight excluding hydrogens is 523 g/mol. The van der Waals surface area contributed by atoms with Gasteiger partial charge in [0.1, 0.15) is 29.7 Å². The van der Waals surface area contributed by atoms with Crippen molar-refractivity contribution in [1.82, 2.24) is 4.98 Å². The number of carbonyl (C=O) groups excluding carboxylic acids is 1. The third kappa shape index (κ3) is 4.80. The molecule has 1 amide bonds. The van der Waals surface area contributed by atoms with Crippen LogP contribution in [0.5, 0.6) is 5.75 Å². The highest BCUT2D eigenvalue weighted by molar-refractivity contribution is 14.1. The minimum Gasteiger partial charge on any atom is -0.433 e. The Balaban J connectivity index is 1.86. The van der Waals surface area contributed by atoms with Gasteiger partial charge in [0, 0.05) is 11.3 Å². The molecule has 0 saturated heterocycles. The first-order valence-electron chi connectivity index (χ1n) is 8.43. The number of hydrogen-bond acceptors (Lipinski definition) is 6. The van der Waals surface area contributed by atoms with Crippen LogP contribution in [-0.2, 0) is 10.3 Å². The van der Waals surface area contributed by atoms with Gasteiger partial charge >= 0.3 is 6.61 Å². The van der Waals surface area contributed by atoms with Crippen LogP contribution in [0.1, 0.15) is 16.1 Å². The zero-order chi connectivity index (χ0) is 21.9. The fourth-order valence-corrected chi connectivity index (χ4v) is 3.47. The van der Waals surface area contributed by atoms with Crippen molar-refractivity contribution in [3.63, 3.8) is 0 Å². The first-order valence-corrected chi connectivity index (χ1v) is 9.68. The molecule has 1 unspecified atom stereocenters. The van der Waals surface area contributed by atoms with E-state index in [1.54, 1.807) is 0 Å². The SMILES string of the molecule is NC1=N[C@@](c2cc(NC(=O)c3ccc(OC(F)F)cn3)ccc2F)(C(F)I)COC1. The Morgan fingerprint density at radius 1 is 1.30 bits per heavy atom. The zero-order valence-corrected chi connectivity index (χ0v) is 17.3.